The molecule has 3 heterocycles. The number of hydrogen-bond donors (Lipinski definition) is 0. The summed E-state index contributed by atoms with van der Waals surface area (Å²) in [4.78, 5) is 43.9. The summed E-state index contributed by atoms with van der Waals surface area (Å²) in [7, 11) is 1.15. The van der Waals surface area contributed by atoms with Gasteiger partial charge in [-0.1, -0.05) is 0 Å². The Hall–Kier alpha value is -4.49. The van der Waals surface area contributed by atoms with Crippen molar-refractivity contribution in [3.8, 4) is 11.8 Å². The van der Waals surface area contributed by atoms with E-state index in [2.05, 4.69) is 19.9 Å². The van der Waals surface area contributed by atoms with Crippen LogP contribution < -0.4 is 9.64 Å². The van der Waals surface area contributed by atoms with Crippen LogP contribution in [0, 0.1) is 10.1 Å². The molecule has 174 valence electrons. The topological polar surface area (TPSA) is 173 Å². The SMILES string of the molecule is CCOC(=O)CCN(Cc1ccco1)c1ncnc(Oc2cc(C(=O)OC)on2)c1[N+](=O)[O-]. The predicted octanol–water partition coefficient (Wildman–Crippen LogP) is 2.50. The minimum atomic E-state index is -0.807. The number of carbonyl (C=O) groups excluding carboxylic acids is 2. The first kappa shape index (κ1) is 23.2. The second-order valence-corrected chi connectivity index (χ2v) is 6.29. The van der Waals surface area contributed by atoms with Crippen LogP contribution in [0.3, 0.4) is 0 Å². The van der Waals surface area contributed by atoms with Gasteiger partial charge in [0.15, 0.2) is 0 Å². The lowest BCUT2D eigenvalue weighted by Crippen LogP contribution is -2.28. The van der Waals surface area contributed by atoms with Crippen molar-refractivity contribution in [2.75, 3.05) is 25.2 Å². The maximum absolute atomic E-state index is 11.9. The average molecular weight is 461 g/mol. The number of hydrogen-bond acceptors (Lipinski definition) is 13. The van der Waals surface area contributed by atoms with Gasteiger partial charge >= 0.3 is 23.5 Å². The monoisotopic (exact) mass is 461 g/mol. The lowest BCUT2D eigenvalue weighted by Gasteiger charge is -2.22. The molecule has 0 N–H and O–H groups in total. The Morgan fingerprint density at radius 1 is 1.30 bits per heavy atom. The fraction of sp³-hybridized carbons (Fsp3) is 0.316. The smallest absolute Gasteiger partial charge is 0.377 e. The Labute approximate surface area is 186 Å². The number of nitro groups is 1. The lowest BCUT2D eigenvalue weighted by molar-refractivity contribution is -0.385. The van der Waals surface area contributed by atoms with Crippen molar-refractivity contribution in [2.45, 2.75) is 19.9 Å². The van der Waals surface area contributed by atoms with Crippen molar-refractivity contribution < 1.29 is 37.7 Å². The quantitative estimate of drug-likeness (QED) is 0.232. The highest BCUT2D eigenvalue weighted by molar-refractivity contribution is 5.86. The fourth-order valence-electron chi connectivity index (χ4n) is 2.73. The summed E-state index contributed by atoms with van der Waals surface area (Å²) < 4.78 is 25.0. The number of methoxy groups -OCH3 is 1. The van der Waals surface area contributed by atoms with Crippen LogP contribution in [-0.2, 0) is 20.8 Å². The molecule has 0 aliphatic carbocycles. The molecule has 0 atom stereocenters. The van der Waals surface area contributed by atoms with E-state index in [1.54, 1.807) is 19.1 Å². The Morgan fingerprint density at radius 3 is 2.79 bits per heavy atom. The minimum absolute atomic E-state index is 0.0350. The van der Waals surface area contributed by atoms with Crippen molar-refractivity contribution in [1.82, 2.24) is 15.1 Å². The average Bonchev–Trinajstić information content (AvgIpc) is 3.48. The molecule has 0 radical (unpaired) electrons. The van der Waals surface area contributed by atoms with E-state index >= 15 is 0 Å². The van der Waals surface area contributed by atoms with Gasteiger partial charge in [-0.05, 0) is 24.2 Å². The van der Waals surface area contributed by atoms with Crippen molar-refractivity contribution in [1.29, 1.82) is 0 Å². The molecule has 0 spiro atoms. The van der Waals surface area contributed by atoms with Crippen molar-refractivity contribution in [2.24, 2.45) is 0 Å². The molecule has 0 aliphatic heterocycles. The van der Waals surface area contributed by atoms with Gasteiger partial charge in [-0.25, -0.2) is 9.78 Å². The molecule has 3 aromatic heterocycles. The number of anilines is 1. The Morgan fingerprint density at radius 2 is 2.12 bits per heavy atom. The van der Waals surface area contributed by atoms with Crippen LogP contribution in [0.4, 0.5) is 11.5 Å². The Balaban J connectivity index is 1.94. The third-order valence-corrected chi connectivity index (χ3v) is 4.15. The van der Waals surface area contributed by atoms with Gasteiger partial charge in [0.05, 0.1) is 43.9 Å². The normalized spacial score (nSPS) is 10.5. The van der Waals surface area contributed by atoms with Crippen molar-refractivity contribution in [3.63, 3.8) is 0 Å². The van der Waals surface area contributed by atoms with Crippen LogP contribution in [-0.4, -0.2) is 52.2 Å². The molecule has 14 heteroatoms. The molecule has 0 unspecified atom stereocenters. The van der Waals surface area contributed by atoms with Crippen LogP contribution in [0.25, 0.3) is 0 Å². The maximum atomic E-state index is 11.9. The molecule has 0 bridgehead atoms. The van der Waals surface area contributed by atoms with Crippen LogP contribution in [0.2, 0.25) is 0 Å². The van der Waals surface area contributed by atoms with E-state index in [9.17, 15) is 19.7 Å². The van der Waals surface area contributed by atoms with E-state index in [1.807, 2.05) is 0 Å². The molecule has 0 saturated heterocycles. The standard InChI is InChI=1S/C19H19N5O9/c1-3-30-15(25)6-7-23(10-12-5-4-8-31-12)17-16(24(27)28)18(21-11-20-17)32-14-9-13(33-22-14)19(26)29-2/h4-5,8-9,11H,3,6-7,10H2,1-2H3. The lowest BCUT2D eigenvalue weighted by atomic mass is 10.3. The van der Waals surface area contributed by atoms with Crippen LogP contribution in [0.15, 0.2) is 39.7 Å². The zero-order valence-corrected chi connectivity index (χ0v) is 17.6. The van der Waals surface area contributed by atoms with Gasteiger partial charge in [-0.15, -0.1) is 0 Å². The minimum Gasteiger partial charge on any atom is -0.467 e. The van der Waals surface area contributed by atoms with Crippen molar-refractivity contribution in [3.05, 3.63) is 52.4 Å². The molecule has 33 heavy (non-hydrogen) atoms. The fourth-order valence-corrected chi connectivity index (χ4v) is 2.73. The molecule has 14 nitrogen and oxygen atoms in total. The summed E-state index contributed by atoms with van der Waals surface area (Å²) in [5, 5.41) is 15.5. The summed E-state index contributed by atoms with van der Waals surface area (Å²) in [6, 6.07) is 4.43. The van der Waals surface area contributed by atoms with Gasteiger partial charge in [-0.3, -0.25) is 14.9 Å². The molecule has 3 aromatic rings. The number of furan rings is 1. The van der Waals surface area contributed by atoms with Crippen molar-refractivity contribution >= 4 is 23.4 Å². The van der Waals surface area contributed by atoms with Gasteiger partial charge in [0.25, 0.3) is 5.88 Å². The maximum Gasteiger partial charge on any atom is 0.377 e. The van der Waals surface area contributed by atoms with E-state index in [0.717, 1.165) is 19.5 Å². The van der Waals surface area contributed by atoms with Crippen LogP contribution >= 0.6 is 0 Å². The zero-order valence-electron chi connectivity index (χ0n) is 17.6. The summed E-state index contributed by atoms with van der Waals surface area (Å²) in [6.45, 7) is 1.98. The largest absolute Gasteiger partial charge is 0.467 e. The third-order valence-electron chi connectivity index (χ3n) is 4.15. The summed E-state index contributed by atoms with van der Waals surface area (Å²) in [5.41, 5.74) is -0.587. The van der Waals surface area contributed by atoms with E-state index in [0.29, 0.717) is 5.76 Å². The van der Waals surface area contributed by atoms with E-state index in [1.165, 1.54) is 11.2 Å². The number of ether oxygens (including phenoxy) is 3. The van der Waals surface area contributed by atoms with E-state index in [-0.39, 0.29) is 43.6 Å². The highest BCUT2D eigenvalue weighted by Crippen LogP contribution is 2.36. The summed E-state index contributed by atoms with van der Waals surface area (Å²) in [6.07, 6.45) is 2.45. The molecule has 3 rings (SSSR count). The zero-order chi connectivity index (χ0) is 23.8. The molecule has 0 aromatic carbocycles. The third kappa shape index (κ3) is 5.81. The highest BCUT2D eigenvalue weighted by Gasteiger charge is 2.30. The first-order chi connectivity index (χ1) is 15.9. The van der Waals surface area contributed by atoms with Gasteiger partial charge in [-0.2, -0.15) is 4.98 Å². The van der Waals surface area contributed by atoms with Crippen LogP contribution in [0.1, 0.15) is 29.7 Å². The molecule has 0 saturated carbocycles. The van der Waals surface area contributed by atoms with E-state index < -0.39 is 28.4 Å². The van der Waals surface area contributed by atoms with Gasteiger partial charge < -0.3 is 28.1 Å². The van der Waals surface area contributed by atoms with Gasteiger partial charge in [0.2, 0.25) is 11.6 Å². The van der Waals surface area contributed by atoms with Gasteiger partial charge in [0.1, 0.15) is 12.1 Å². The summed E-state index contributed by atoms with van der Waals surface area (Å²) in [5.74, 6) is -1.90. The number of carbonyl (C=O) groups is 2. The molecule has 0 fully saturated rings. The highest BCUT2D eigenvalue weighted by atomic mass is 16.6. The predicted molar refractivity (Wildman–Crippen MR) is 108 cm³/mol. The second kappa shape index (κ2) is 10.7. The van der Waals surface area contributed by atoms with E-state index in [4.69, 9.17) is 18.4 Å². The Bertz CT molecular complexity index is 1110. The molecule has 0 amide bonds. The molecule has 0 aliphatic rings. The number of aromatic nitrogens is 3. The molecular formula is C19H19N5O9. The number of nitrogens with zero attached hydrogens (tertiary/aromatic N) is 5. The Kier molecular flexibility index (Phi) is 7.51. The number of esters is 2. The molecular weight excluding hydrogens is 442 g/mol. The first-order valence-electron chi connectivity index (χ1n) is 9.58. The first-order valence-corrected chi connectivity index (χ1v) is 9.58. The van der Waals surface area contributed by atoms with Crippen LogP contribution in [0.5, 0.6) is 11.8 Å². The summed E-state index contributed by atoms with van der Waals surface area (Å²) >= 11 is 0. The second-order valence-electron chi connectivity index (χ2n) is 6.29. The number of rotatable bonds is 11. The van der Waals surface area contributed by atoms with Gasteiger partial charge in [0, 0.05) is 6.54 Å².